The summed E-state index contributed by atoms with van der Waals surface area (Å²) in [5.74, 6) is 0.893. The molecule has 25 heavy (non-hydrogen) atoms. The lowest BCUT2D eigenvalue weighted by atomic mass is 10.2. The van der Waals surface area contributed by atoms with Crippen molar-refractivity contribution in [1.82, 2.24) is 9.55 Å². The third kappa shape index (κ3) is 3.15. The molecule has 3 aromatic rings. The van der Waals surface area contributed by atoms with Gasteiger partial charge in [-0.25, -0.2) is 4.98 Å². The van der Waals surface area contributed by atoms with Crippen LogP contribution in [-0.4, -0.2) is 22.4 Å². The van der Waals surface area contributed by atoms with E-state index < -0.39 is 0 Å². The molecule has 128 valence electrons. The first-order valence-electron chi connectivity index (χ1n) is 7.79. The maximum Gasteiger partial charge on any atom is 0.267 e. The fraction of sp³-hybridized carbons (Fsp3) is 0.278. The first-order chi connectivity index (χ1) is 12.1. The minimum absolute atomic E-state index is 0.104. The van der Waals surface area contributed by atoms with Gasteiger partial charge in [0.05, 0.1) is 30.0 Å². The predicted molar refractivity (Wildman–Crippen MR) is 102 cm³/mol. The highest BCUT2D eigenvalue weighted by atomic mass is 32.2. The molecule has 0 atom stereocenters. The SMILES string of the molecule is CCc1sc2nc(SCC#N)n(-c3cccc(OC)c3)c(=O)c2c1C. The highest BCUT2D eigenvalue weighted by molar-refractivity contribution is 7.99. The molecule has 0 aliphatic carbocycles. The van der Waals surface area contributed by atoms with Crippen LogP contribution in [0.5, 0.6) is 5.75 Å². The van der Waals surface area contributed by atoms with E-state index in [0.29, 0.717) is 22.0 Å². The van der Waals surface area contributed by atoms with Gasteiger partial charge in [-0.15, -0.1) is 11.3 Å². The molecule has 3 rings (SSSR count). The highest BCUT2D eigenvalue weighted by Crippen LogP contribution is 2.30. The van der Waals surface area contributed by atoms with Crippen LogP contribution in [0.25, 0.3) is 15.9 Å². The van der Waals surface area contributed by atoms with Gasteiger partial charge in [0, 0.05) is 10.9 Å². The third-order valence-corrected chi connectivity index (χ3v) is 6.07. The predicted octanol–water partition coefficient (Wildman–Crippen LogP) is 3.94. The Balaban J connectivity index is 2.34. The van der Waals surface area contributed by atoms with Crippen LogP contribution in [0.4, 0.5) is 0 Å². The monoisotopic (exact) mass is 371 g/mol. The lowest BCUT2D eigenvalue weighted by Crippen LogP contribution is -2.21. The van der Waals surface area contributed by atoms with Gasteiger partial charge in [0.1, 0.15) is 10.6 Å². The van der Waals surface area contributed by atoms with Crippen molar-refractivity contribution in [1.29, 1.82) is 5.26 Å². The second-order valence-electron chi connectivity index (χ2n) is 5.37. The quantitative estimate of drug-likeness (QED) is 0.502. The molecule has 0 aliphatic rings. The largest absolute Gasteiger partial charge is 0.497 e. The van der Waals surface area contributed by atoms with Crippen LogP contribution < -0.4 is 10.3 Å². The molecule has 5 nitrogen and oxygen atoms in total. The van der Waals surface area contributed by atoms with Gasteiger partial charge in [0.15, 0.2) is 5.16 Å². The molecule has 0 amide bonds. The van der Waals surface area contributed by atoms with Gasteiger partial charge in [-0.1, -0.05) is 24.8 Å². The van der Waals surface area contributed by atoms with E-state index in [-0.39, 0.29) is 11.3 Å². The number of rotatable bonds is 5. The molecule has 0 spiro atoms. The van der Waals surface area contributed by atoms with Gasteiger partial charge in [-0.2, -0.15) is 5.26 Å². The van der Waals surface area contributed by atoms with Gasteiger partial charge in [0.25, 0.3) is 5.56 Å². The fourth-order valence-corrected chi connectivity index (χ4v) is 4.55. The van der Waals surface area contributed by atoms with Crippen molar-refractivity contribution in [3.63, 3.8) is 0 Å². The van der Waals surface area contributed by atoms with Crippen molar-refractivity contribution < 1.29 is 4.74 Å². The number of fused-ring (bicyclic) bond motifs is 1. The summed E-state index contributed by atoms with van der Waals surface area (Å²) in [5.41, 5.74) is 1.57. The molecule has 0 N–H and O–H groups in total. The molecule has 2 heterocycles. The Morgan fingerprint density at radius 1 is 1.44 bits per heavy atom. The van der Waals surface area contributed by atoms with Crippen LogP contribution >= 0.6 is 23.1 Å². The molecule has 2 aromatic heterocycles. The first-order valence-corrected chi connectivity index (χ1v) is 9.60. The summed E-state index contributed by atoms with van der Waals surface area (Å²) in [4.78, 5) is 19.8. The molecule has 0 radical (unpaired) electrons. The maximum absolute atomic E-state index is 13.3. The summed E-state index contributed by atoms with van der Waals surface area (Å²) in [5, 5.41) is 10.1. The van der Waals surface area contributed by atoms with Crippen molar-refractivity contribution in [2.45, 2.75) is 25.4 Å². The van der Waals surface area contributed by atoms with E-state index in [1.54, 1.807) is 29.1 Å². The number of nitrogens with zero attached hydrogens (tertiary/aromatic N) is 3. The van der Waals surface area contributed by atoms with Crippen molar-refractivity contribution in [2.24, 2.45) is 0 Å². The number of thiophene rings is 1. The average Bonchev–Trinajstić information content (AvgIpc) is 2.96. The van der Waals surface area contributed by atoms with Crippen LogP contribution in [0.1, 0.15) is 17.4 Å². The Morgan fingerprint density at radius 2 is 2.24 bits per heavy atom. The summed E-state index contributed by atoms with van der Waals surface area (Å²) in [6, 6.07) is 9.40. The third-order valence-electron chi connectivity index (χ3n) is 3.93. The van der Waals surface area contributed by atoms with E-state index in [1.807, 2.05) is 25.1 Å². The van der Waals surface area contributed by atoms with Crippen LogP contribution in [0, 0.1) is 18.3 Å². The van der Waals surface area contributed by atoms with Crippen LogP contribution in [-0.2, 0) is 6.42 Å². The average molecular weight is 371 g/mol. The van der Waals surface area contributed by atoms with Crippen molar-refractivity contribution >= 4 is 33.3 Å². The summed E-state index contributed by atoms with van der Waals surface area (Å²) in [6.45, 7) is 4.04. The van der Waals surface area contributed by atoms with Crippen molar-refractivity contribution in [3.05, 3.63) is 45.1 Å². The maximum atomic E-state index is 13.3. The molecular formula is C18H17N3O2S2. The van der Waals surface area contributed by atoms with E-state index in [4.69, 9.17) is 10.00 Å². The molecule has 0 fully saturated rings. The zero-order chi connectivity index (χ0) is 18.0. The number of benzene rings is 1. The number of hydrogen-bond acceptors (Lipinski definition) is 6. The molecule has 0 saturated carbocycles. The summed E-state index contributed by atoms with van der Waals surface area (Å²) < 4.78 is 6.85. The summed E-state index contributed by atoms with van der Waals surface area (Å²) in [7, 11) is 1.59. The first kappa shape index (κ1) is 17.5. The summed E-state index contributed by atoms with van der Waals surface area (Å²) in [6.07, 6.45) is 0.867. The number of thioether (sulfide) groups is 1. The van der Waals surface area contributed by atoms with Gasteiger partial charge < -0.3 is 4.74 Å². The van der Waals surface area contributed by atoms with Gasteiger partial charge in [0.2, 0.25) is 0 Å². The minimum atomic E-state index is -0.104. The Labute approximate surface area is 153 Å². The summed E-state index contributed by atoms with van der Waals surface area (Å²) >= 11 is 2.82. The molecule has 0 saturated heterocycles. The number of nitriles is 1. The molecular weight excluding hydrogens is 354 g/mol. The van der Waals surface area contributed by atoms with Gasteiger partial charge >= 0.3 is 0 Å². The molecule has 0 unspecified atom stereocenters. The normalized spacial score (nSPS) is 10.8. The zero-order valence-electron chi connectivity index (χ0n) is 14.2. The minimum Gasteiger partial charge on any atom is -0.497 e. The molecule has 0 aliphatic heterocycles. The Kier molecular flexibility index (Phi) is 5.11. The van der Waals surface area contributed by atoms with E-state index in [0.717, 1.165) is 16.8 Å². The molecule has 1 aromatic carbocycles. The molecule has 7 heteroatoms. The van der Waals surface area contributed by atoms with Gasteiger partial charge in [-0.3, -0.25) is 9.36 Å². The second-order valence-corrected chi connectivity index (χ2v) is 7.39. The number of aromatic nitrogens is 2. The van der Waals surface area contributed by atoms with E-state index in [2.05, 4.69) is 18.0 Å². The van der Waals surface area contributed by atoms with Gasteiger partial charge in [-0.05, 0) is 31.0 Å². The van der Waals surface area contributed by atoms with E-state index >= 15 is 0 Å². The fourth-order valence-electron chi connectivity index (χ4n) is 2.72. The number of methoxy groups -OCH3 is 1. The Bertz CT molecular complexity index is 1030. The van der Waals surface area contributed by atoms with Crippen molar-refractivity contribution in [3.8, 4) is 17.5 Å². The zero-order valence-corrected chi connectivity index (χ0v) is 15.8. The standard InChI is InChI=1S/C18H17N3O2S2/c1-4-14-11(2)15-16(25-14)20-18(24-9-8-19)21(17(15)22)12-6-5-7-13(10-12)23-3/h5-7,10H,4,9H2,1-3H3. The number of hydrogen-bond donors (Lipinski definition) is 0. The van der Waals surface area contributed by atoms with Crippen LogP contribution in [0.3, 0.4) is 0 Å². The van der Waals surface area contributed by atoms with E-state index in [1.165, 1.54) is 16.6 Å². The Morgan fingerprint density at radius 3 is 2.92 bits per heavy atom. The van der Waals surface area contributed by atoms with Crippen LogP contribution in [0.15, 0.2) is 34.2 Å². The topological polar surface area (TPSA) is 67.9 Å². The lowest BCUT2D eigenvalue weighted by molar-refractivity contribution is 0.414. The number of aryl methyl sites for hydroxylation is 2. The highest BCUT2D eigenvalue weighted by Gasteiger charge is 2.18. The smallest absolute Gasteiger partial charge is 0.267 e. The lowest BCUT2D eigenvalue weighted by Gasteiger charge is -2.12. The van der Waals surface area contributed by atoms with E-state index in [9.17, 15) is 4.79 Å². The number of ether oxygens (including phenoxy) is 1. The van der Waals surface area contributed by atoms with Crippen molar-refractivity contribution in [2.75, 3.05) is 12.9 Å². The molecule has 0 bridgehead atoms. The van der Waals surface area contributed by atoms with Crippen LogP contribution in [0.2, 0.25) is 0 Å². The Hall–Kier alpha value is -2.30. The second kappa shape index (κ2) is 7.30.